The molecule has 2 atom stereocenters. The summed E-state index contributed by atoms with van der Waals surface area (Å²) in [7, 11) is 2.60. The van der Waals surface area contributed by atoms with Crippen molar-refractivity contribution < 1.29 is 4.79 Å². The van der Waals surface area contributed by atoms with Crippen LogP contribution in [-0.4, -0.2) is 24.0 Å². The van der Waals surface area contributed by atoms with Gasteiger partial charge in [-0.2, -0.15) is 0 Å². The molecule has 1 aliphatic heterocycles. The van der Waals surface area contributed by atoms with Crippen LogP contribution in [0.15, 0.2) is 0 Å². The minimum atomic E-state index is 0.299. The van der Waals surface area contributed by atoms with Crippen LogP contribution in [0.1, 0.15) is 6.42 Å². The molecule has 2 nitrogen and oxygen atoms in total. The Morgan fingerprint density at radius 2 is 2.50 bits per heavy atom. The average Bonchev–Trinajstić information content (AvgIpc) is 2.14. The highest BCUT2D eigenvalue weighted by Gasteiger charge is 2.17. The van der Waals surface area contributed by atoms with Crippen molar-refractivity contribution in [1.29, 1.82) is 0 Å². The van der Waals surface area contributed by atoms with E-state index in [4.69, 9.17) is 0 Å². The fraction of sp³-hybridized carbons (Fsp3) is 0.800. The van der Waals surface area contributed by atoms with Crippen molar-refractivity contribution in [3.05, 3.63) is 0 Å². The van der Waals surface area contributed by atoms with E-state index >= 15 is 0 Å². The molecule has 3 heteroatoms. The second kappa shape index (κ2) is 2.56. The van der Waals surface area contributed by atoms with Crippen molar-refractivity contribution in [2.45, 2.75) is 6.42 Å². The SMILES string of the molecule is O=C[C@H]1CCN(P)C1. The number of rotatable bonds is 1. The second-order valence-corrected chi connectivity index (χ2v) is 2.91. The highest BCUT2D eigenvalue weighted by molar-refractivity contribution is 7.13. The first kappa shape index (κ1) is 6.18. The number of hydrogen-bond donors (Lipinski definition) is 0. The van der Waals surface area contributed by atoms with Crippen LogP contribution in [0, 0.1) is 5.92 Å². The minimum absolute atomic E-state index is 0.299. The number of carbonyl (C=O) groups is 1. The Kier molecular flexibility index (Phi) is 1.98. The molecule has 1 heterocycles. The lowest BCUT2D eigenvalue weighted by Crippen LogP contribution is -2.07. The number of aldehydes is 1. The van der Waals surface area contributed by atoms with Crippen molar-refractivity contribution in [3.8, 4) is 0 Å². The van der Waals surface area contributed by atoms with Crippen molar-refractivity contribution in [3.63, 3.8) is 0 Å². The zero-order valence-electron chi connectivity index (χ0n) is 4.71. The maximum absolute atomic E-state index is 10.1. The Morgan fingerprint density at radius 1 is 1.75 bits per heavy atom. The molecule has 0 bridgehead atoms. The molecule has 0 amide bonds. The molecule has 8 heavy (non-hydrogen) atoms. The van der Waals surface area contributed by atoms with Crippen LogP contribution in [0.3, 0.4) is 0 Å². The quantitative estimate of drug-likeness (QED) is 0.376. The van der Waals surface area contributed by atoms with E-state index in [2.05, 4.69) is 14.1 Å². The predicted octanol–water partition coefficient (Wildman–Crippen LogP) is 0.297. The molecule has 0 saturated carbocycles. The zero-order valence-corrected chi connectivity index (χ0v) is 5.86. The predicted molar refractivity (Wildman–Crippen MR) is 35.5 cm³/mol. The van der Waals surface area contributed by atoms with E-state index < -0.39 is 0 Å². The molecule has 1 saturated heterocycles. The fourth-order valence-corrected chi connectivity index (χ4v) is 1.35. The molecule has 46 valence electrons. The molecular weight excluding hydrogens is 121 g/mol. The van der Waals surface area contributed by atoms with Gasteiger partial charge in [-0.15, -0.1) is 0 Å². The normalized spacial score (nSPS) is 30.9. The number of carbonyl (C=O) groups excluding carboxylic acids is 1. The van der Waals surface area contributed by atoms with Crippen LogP contribution >= 0.6 is 9.39 Å². The molecule has 0 aromatic carbocycles. The van der Waals surface area contributed by atoms with Gasteiger partial charge < -0.3 is 4.79 Å². The van der Waals surface area contributed by atoms with Crippen molar-refractivity contribution in [1.82, 2.24) is 4.67 Å². The van der Waals surface area contributed by atoms with Crippen molar-refractivity contribution in [2.24, 2.45) is 5.92 Å². The Morgan fingerprint density at radius 3 is 2.75 bits per heavy atom. The third-order valence-corrected chi connectivity index (χ3v) is 1.92. The van der Waals surface area contributed by atoms with Crippen LogP contribution in [0.5, 0.6) is 0 Å². The second-order valence-electron chi connectivity index (χ2n) is 2.18. The largest absolute Gasteiger partial charge is 0.303 e. The molecule has 0 aliphatic carbocycles. The minimum Gasteiger partial charge on any atom is -0.303 e. The summed E-state index contributed by atoms with van der Waals surface area (Å²) in [6.45, 7) is 1.97. The van der Waals surface area contributed by atoms with E-state index in [9.17, 15) is 4.79 Å². The Hall–Kier alpha value is 0.0600. The van der Waals surface area contributed by atoms with Gasteiger partial charge in [0, 0.05) is 19.0 Å². The zero-order chi connectivity index (χ0) is 5.98. The van der Waals surface area contributed by atoms with Gasteiger partial charge in [-0.25, -0.2) is 0 Å². The molecule has 1 unspecified atom stereocenters. The highest BCUT2D eigenvalue weighted by atomic mass is 31.0. The maximum Gasteiger partial charge on any atom is 0.124 e. The van der Waals surface area contributed by atoms with Gasteiger partial charge in [0.2, 0.25) is 0 Å². The molecule has 0 aromatic rings. The lowest BCUT2D eigenvalue weighted by atomic mass is 10.2. The van der Waals surface area contributed by atoms with Crippen molar-refractivity contribution >= 4 is 15.7 Å². The number of nitrogens with zero attached hydrogens (tertiary/aromatic N) is 1. The third-order valence-electron chi connectivity index (χ3n) is 1.45. The number of hydrogen-bond acceptors (Lipinski definition) is 2. The van der Waals surface area contributed by atoms with Gasteiger partial charge in [0.05, 0.1) is 0 Å². The van der Waals surface area contributed by atoms with Gasteiger partial charge in [-0.05, 0) is 6.42 Å². The molecular formula is C5H10NOP. The summed E-state index contributed by atoms with van der Waals surface area (Å²) >= 11 is 0. The third kappa shape index (κ3) is 1.27. The van der Waals surface area contributed by atoms with Crippen LogP contribution in [0.25, 0.3) is 0 Å². The van der Waals surface area contributed by atoms with Crippen LogP contribution in [0.2, 0.25) is 0 Å². The van der Waals surface area contributed by atoms with Crippen LogP contribution < -0.4 is 0 Å². The molecule has 0 spiro atoms. The van der Waals surface area contributed by atoms with Gasteiger partial charge >= 0.3 is 0 Å². The van der Waals surface area contributed by atoms with E-state index in [1.807, 2.05) is 0 Å². The first-order chi connectivity index (χ1) is 3.83. The molecule has 0 N–H and O–H groups in total. The summed E-state index contributed by atoms with van der Waals surface area (Å²) < 4.78 is 2.10. The Labute approximate surface area is 51.5 Å². The summed E-state index contributed by atoms with van der Waals surface area (Å²) in [5.41, 5.74) is 0. The van der Waals surface area contributed by atoms with Gasteiger partial charge in [0.25, 0.3) is 0 Å². The van der Waals surface area contributed by atoms with Crippen LogP contribution in [-0.2, 0) is 4.79 Å². The maximum atomic E-state index is 10.1. The van der Waals surface area contributed by atoms with E-state index in [1.54, 1.807) is 0 Å². The average molecular weight is 131 g/mol. The van der Waals surface area contributed by atoms with Gasteiger partial charge in [0.15, 0.2) is 0 Å². The highest BCUT2D eigenvalue weighted by Crippen LogP contribution is 2.16. The summed E-state index contributed by atoms with van der Waals surface area (Å²) in [5.74, 6) is 0.299. The summed E-state index contributed by atoms with van der Waals surface area (Å²) in [6, 6.07) is 0. The first-order valence-electron chi connectivity index (χ1n) is 2.78. The van der Waals surface area contributed by atoms with E-state index in [-0.39, 0.29) is 0 Å². The fourth-order valence-electron chi connectivity index (χ4n) is 0.927. The van der Waals surface area contributed by atoms with Crippen LogP contribution in [0.4, 0.5) is 0 Å². The van der Waals surface area contributed by atoms with Crippen molar-refractivity contribution in [2.75, 3.05) is 13.1 Å². The van der Waals surface area contributed by atoms with E-state index in [0.29, 0.717) is 5.92 Å². The Balaban J connectivity index is 2.32. The summed E-state index contributed by atoms with van der Waals surface area (Å²) in [4.78, 5) is 10.1. The Bertz CT molecular complexity index is 96.4. The summed E-state index contributed by atoms with van der Waals surface area (Å²) in [5, 5.41) is 0. The molecule has 0 aromatic heterocycles. The standard InChI is InChI=1S/C5H10NOP/c7-4-5-1-2-6(8)3-5/h4-5H,1-3,8H2/t5-/m0/s1. The molecule has 1 fully saturated rings. The lowest BCUT2D eigenvalue weighted by Gasteiger charge is -2.02. The monoisotopic (exact) mass is 131 g/mol. The van der Waals surface area contributed by atoms with Gasteiger partial charge in [0.1, 0.15) is 6.29 Å². The van der Waals surface area contributed by atoms with Gasteiger partial charge in [-0.3, -0.25) is 4.67 Å². The van der Waals surface area contributed by atoms with E-state index in [1.165, 1.54) is 0 Å². The van der Waals surface area contributed by atoms with Gasteiger partial charge in [-0.1, -0.05) is 9.39 Å². The van der Waals surface area contributed by atoms with E-state index in [0.717, 1.165) is 25.8 Å². The lowest BCUT2D eigenvalue weighted by molar-refractivity contribution is -0.110. The smallest absolute Gasteiger partial charge is 0.124 e. The summed E-state index contributed by atoms with van der Waals surface area (Å²) in [6.07, 6.45) is 2.08. The molecule has 0 radical (unpaired) electrons. The first-order valence-corrected chi connectivity index (χ1v) is 3.29. The topological polar surface area (TPSA) is 20.3 Å². The molecule has 1 aliphatic rings. The molecule has 1 rings (SSSR count).